The molecule has 1 aliphatic heterocycles. The van der Waals surface area contributed by atoms with Crippen LogP contribution in [-0.2, 0) is 4.79 Å². The Hall–Kier alpha value is -0.140. The van der Waals surface area contributed by atoms with Gasteiger partial charge in [-0.25, -0.2) is 0 Å². The van der Waals surface area contributed by atoms with E-state index in [0.29, 0.717) is 0 Å². The van der Waals surface area contributed by atoms with E-state index in [1.165, 1.54) is 0 Å². The summed E-state index contributed by atoms with van der Waals surface area (Å²) in [5, 5.41) is 6.23. The second-order valence-electron chi connectivity index (χ2n) is 4.12. The first-order valence-corrected chi connectivity index (χ1v) is 7.53. The van der Waals surface area contributed by atoms with Gasteiger partial charge in [-0.15, -0.1) is 0 Å². The van der Waals surface area contributed by atoms with Crippen molar-refractivity contribution in [1.82, 2.24) is 5.32 Å². The Bertz CT molecular complexity index is 419. The molecule has 92 valence electrons. The Kier molecular flexibility index (Phi) is 4.81. The van der Waals surface area contributed by atoms with Crippen molar-refractivity contribution < 1.29 is 4.79 Å². The van der Waals surface area contributed by atoms with E-state index in [2.05, 4.69) is 49.2 Å². The van der Waals surface area contributed by atoms with Crippen molar-refractivity contribution in [3.8, 4) is 0 Å². The average Bonchev–Trinajstić information content (AvgIpc) is 2.35. The Balaban J connectivity index is 2.04. The van der Waals surface area contributed by atoms with Crippen molar-refractivity contribution in [3.63, 3.8) is 0 Å². The van der Waals surface area contributed by atoms with E-state index < -0.39 is 0 Å². The molecule has 0 bridgehead atoms. The van der Waals surface area contributed by atoms with Gasteiger partial charge < -0.3 is 10.6 Å². The summed E-state index contributed by atoms with van der Waals surface area (Å²) in [6.45, 7) is 0.938. The molecule has 1 fully saturated rings. The lowest BCUT2D eigenvalue weighted by molar-refractivity contribution is -0.118. The highest BCUT2D eigenvalue weighted by Crippen LogP contribution is 2.23. The molecule has 0 spiro atoms. The SMILES string of the molecule is O=C(Nc1cc(Br)ccc1I)C1CCCCN1. The molecule has 0 saturated carbocycles. The molecule has 1 aromatic rings. The van der Waals surface area contributed by atoms with Crippen LogP contribution in [0.15, 0.2) is 22.7 Å². The van der Waals surface area contributed by atoms with Gasteiger partial charge in [0.15, 0.2) is 0 Å². The molecule has 1 unspecified atom stereocenters. The van der Waals surface area contributed by atoms with Crippen LogP contribution < -0.4 is 10.6 Å². The minimum Gasteiger partial charge on any atom is -0.324 e. The number of anilines is 1. The second kappa shape index (κ2) is 6.15. The second-order valence-corrected chi connectivity index (χ2v) is 6.19. The molecule has 17 heavy (non-hydrogen) atoms. The number of hydrogen-bond donors (Lipinski definition) is 2. The van der Waals surface area contributed by atoms with E-state index in [1.807, 2.05) is 18.2 Å². The van der Waals surface area contributed by atoms with Crippen molar-refractivity contribution in [2.75, 3.05) is 11.9 Å². The van der Waals surface area contributed by atoms with Crippen molar-refractivity contribution in [1.29, 1.82) is 0 Å². The molecule has 1 aliphatic rings. The van der Waals surface area contributed by atoms with Crippen LogP contribution in [-0.4, -0.2) is 18.5 Å². The Morgan fingerprint density at radius 2 is 2.29 bits per heavy atom. The zero-order chi connectivity index (χ0) is 12.3. The Labute approximate surface area is 123 Å². The maximum absolute atomic E-state index is 12.0. The number of carbonyl (C=O) groups is 1. The smallest absolute Gasteiger partial charge is 0.241 e. The molecule has 0 radical (unpaired) electrons. The predicted molar refractivity (Wildman–Crippen MR) is 81.1 cm³/mol. The highest BCUT2D eigenvalue weighted by molar-refractivity contribution is 14.1. The summed E-state index contributed by atoms with van der Waals surface area (Å²) in [5.74, 6) is 0.0701. The molecule has 0 aliphatic carbocycles. The van der Waals surface area contributed by atoms with Gasteiger partial charge in [0, 0.05) is 8.04 Å². The summed E-state index contributed by atoms with van der Waals surface area (Å²) < 4.78 is 2.03. The normalized spacial score (nSPS) is 20.0. The third-order valence-corrected chi connectivity index (χ3v) is 4.25. The summed E-state index contributed by atoms with van der Waals surface area (Å²) in [7, 11) is 0. The van der Waals surface area contributed by atoms with Crippen molar-refractivity contribution in [2.45, 2.75) is 25.3 Å². The number of rotatable bonds is 2. The average molecular weight is 409 g/mol. The van der Waals surface area contributed by atoms with Crippen LogP contribution in [0.1, 0.15) is 19.3 Å². The Morgan fingerprint density at radius 3 is 3.00 bits per heavy atom. The number of piperidine rings is 1. The summed E-state index contributed by atoms with van der Waals surface area (Å²) in [6.07, 6.45) is 3.22. The molecular weight excluding hydrogens is 395 g/mol. The third-order valence-electron chi connectivity index (χ3n) is 2.81. The van der Waals surface area contributed by atoms with Gasteiger partial charge in [0.05, 0.1) is 11.7 Å². The number of carbonyl (C=O) groups excluding carboxylic acids is 1. The first-order chi connectivity index (χ1) is 8.16. The quantitative estimate of drug-likeness (QED) is 0.738. The summed E-state index contributed by atoms with van der Waals surface area (Å²) in [6, 6.07) is 5.84. The molecule has 2 N–H and O–H groups in total. The first-order valence-electron chi connectivity index (χ1n) is 5.66. The van der Waals surface area contributed by atoms with Crippen LogP contribution in [0, 0.1) is 3.57 Å². The molecular formula is C12H14BrIN2O. The highest BCUT2D eigenvalue weighted by Gasteiger charge is 2.20. The molecule has 1 aromatic carbocycles. The lowest BCUT2D eigenvalue weighted by atomic mass is 10.0. The van der Waals surface area contributed by atoms with Gasteiger partial charge >= 0.3 is 0 Å². The molecule has 1 saturated heterocycles. The maximum atomic E-state index is 12.0. The number of hydrogen-bond acceptors (Lipinski definition) is 2. The van der Waals surface area contributed by atoms with Gasteiger partial charge in [0.2, 0.25) is 5.91 Å². The molecule has 1 atom stereocenters. The monoisotopic (exact) mass is 408 g/mol. The van der Waals surface area contributed by atoms with E-state index >= 15 is 0 Å². The molecule has 0 aromatic heterocycles. The summed E-state index contributed by atoms with van der Waals surface area (Å²) in [4.78, 5) is 12.0. The maximum Gasteiger partial charge on any atom is 0.241 e. The number of amides is 1. The fourth-order valence-corrected chi connectivity index (χ4v) is 2.72. The number of nitrogens with one attached hydrogen (secondary N) is 2. The standard InChI is InChI=1S/C12H14BrIN2O/c13-8-4-5-9(14)11(7-8)16-12(17)10-3-1-2-6-15-10/h4-5,7,10,15H,1-3,6H2,(H,16,17). The van der Waals surface area contributed by atoms with Crippen LogP contribution in [0.5, 0.6) is 0 Å². The lowest BCUT2D eigenvalue weighted by Crippen LogP contribution is -2.43. The minimum absolute atomic E-state index is 0.0430. The van der Waals surface area contributed by atoms with E-state index in [0.717, 1.165) is 39.5 Å². The molecule has 1 heterocycles. The van der Waals surface area contributed by atoms with Gasteiger partial charge in [0.1, 0.15) is 0 Å². The van der Waals surface area contributed by atoms with Gasteiger partial charge in [-0.1, -0.05) is 22.4 Å². The minimum atomic E-state index is -0.0430. The lowest BCUT2D eigenvalue weighted by Gasteiger charge is -2.22. The van der Waals surface area contributed by atoms with Gasteiger partial charge in [-0.05, 0) is 60.2 Å². The molecule has 1 amide bonds. The highest BCUT2D eigenvalue weighted by atomic mass is 127. The van der Waals surface area contributed by atoms with Crippen LogP contribution in [0.25, 0.3) is 0 Å². The van der Waals surface area contributed by atoms with Crippen LogP contribution in [0.2, 0.25) is 0 Å². The summed E-state index contributed by atoms with van der Waals surface area (Å²) in [5.41, 5.74) is 0.873. The predicted octanol–water partition coefficient (Wildman–Crippen LogP) is 3.13. The largest absolute Gasteiger partial charge is 0.324 e. The molecule has 3 nitrogen and oxygen atoms in total. The van der Waals surface area contributed by atoms with Crippen molar-refractivity contribution >= 4 is 50.1 Å². The Morgan fingerprint density at radius 1 is 1.47 bits per heavy atom. The van der Waals surface area contributed by atoms with Crippen LogP contribution in [0.4, 0.5) is 5.69 Å². The van der Waals surface area contributed by atoms with E-state index in [1.54, 1.807) is 0 Å². The van der Waals surface area contributed by atoms with Crippen LogP contribution in [0.3, 0.4) is 0 Å². The first kappa shape index (κ1) is 13.3. The van der Waals surface area contributed by atoms with E-state index in [-0.39, 0.29) is 11.9 Å². The number of benzene rings is 1. The van der Waals surface area contributed by atoms with E-state index in [9.17, 15) is 4.79 Å². The number of halogens is 2. The topological polar surface area (TPSA) is 41.1 Å². The van der Waals surface area contributed by atoms with Gasteiger partial charge in [-0.3, -0.25) is 4.79 Å². The summed E-state index contributed by atoms with van der Waals surface area (Å²) >= 11 is 5.64. The van der Waals surface area contributed by atoms with E-state index in [4.69, 9.17) is 0 Å². The van der Waals surface area contributed by atoms with Crippen molar-refractivity contribution in [2.24, 2.45) is 0 Å². The fourth-order valence-electron chi connectivity index (χ4n) is 1.89. The zero-order valence-corrected chi connectivity index (χ0v) is 13.0. The van der Waals surface area contributed by atoms with Crippen molar-refractivity contribution in [3.05, 3.63) is 26.2 Å². The third kappa shape index (κ3) is 3.66. The van der Waals surface area contributed by atoms with Crippen LogP contribution >= 0.6 is 38.5 Å². The van der Waals surface area contributed by atoms with Gasteiger partial charge in [-0.2, -0.15) is 0 Å². The fraction of sp³-hybridized carbons (Fsp3) is 0.417. The molecule has 5 heteroatoms. The zero-order valence-electron chi connectivity index (χ0n) is 9.30. The molecule has 2 rings (SSSR count). The van der Waals surface area contributed by atoms with Gasteiger partial charge in [0.25, 0.3) is 0 Å².